The molecule has 1 saturated heterocycles. The molecule has 0 aliphatic carbocycles. The highest BCUT2D eigenvalue weighted by atomic mass is 19.1. The van der Waals surface area contributed by atoms with E-state index in [1.54, 1.807) is 4.90 Å². The molecule has 2 aromatic rings. The van der Waals surface area contributed by atoms with Crippen molar-refractivity contribution in [3.63, 3.8) is 0 Å². The molecule has 33 heavy (non-hydrogen) atoms. The molecule has 7 heteroatoms. The first-order valence-corrected chi connectivity index (χ1v) is 11.3. The maximum absolute atomic E-state index is 13.4. The number of carbonyl (C=O) groups is 2. The molecule has 1 fully saturated rings. The highest BCUT2D eigenvalue weighted by Gasteiger charge is 2.43. The topological polar surface area (TPSA) is 70.1 Å². The van der Waals surface area contributed by atoms with E-state index in [2.05, 4.69) is 18.7 Å². The second-order valence-electron chi connectivity index (χ2n) is 8.77. The number of ketones is 1. The molecule has 0 aromatic heterocycles. The molecular formula is C26H29FN2O4. The van der Waals surface area contributed by atoms with E-state index in [9.17, 15) is 19.1 Å². The zero-order valence-electron chi connectivity index (χ0n) is 19.0. The summed E-state index contributed by atoms with van der Waals surface area (Å²) >= 11 is 0. The van der Waals surface area contributed by atoms with Gasteiger partial charge in [-0.1, -0.05) is 38.1 Å². The zero-order chi connectivity index (χ0) is 23.5. The van der Waals surface area contributed by atoms with Crippen molar-refractivity contribution < 1.29 is 23.8 Å². The van der Waals surface area contributed by atoms with E-state index < -0.39 is 29.3 Å². The van der Waals surface area contributed by atoms with Gasteiger partial charge in [0.15, 0.2) is 11.5 Å². The first-order chi connectivity index (χ1) is 15.9. The molecule has 174 valence electrons. The fourth-order valence-corrected chi connectivity index (χ4v) is 4.36. The lowest BCUT2D eigenvalue weighted by Gasteiger charge is -2.31. The summed E-state index contributed by atoms with van der Waals surface area (Å²) in [6.45, 7) is 8.00. The minimum atomic E-state index is -0.711. The number of aliphatic hydroxyl groups is 1. The van der Waals surface area contributed by atoms with Crippen molar-refractivity contribution in [2.45, 2.75) is 25.8 Å². The third-order valence-electron chi connectivity index (χ3n) is 6.33. The Morgan fingerprint density at radius 3 is 2.30 bits per heavy atom. The molecule has 2 heterocycles. The summed E-state index contributed by atoms with van der Waals surface area (Å²) in [6, 6.07) is 12.2. The molecule has 1 N–H and O–H groups in total. The van der Waals surface area contributed by atoms with E-state index >= 15 is 0 Å². The highest BCUT2D eigenvalue weighted by molar-refractivity contribution is 6.16. The molecule has 0 spiro atoms. The largest absolute Gasteiger partial charge is 0.503 e. The molecular weight excluding hydrogens is 423 g/mol. The van der Waals surface area contributed by atoms with Gasteiger partial charge < -0.3 is 14.7 Å². The van der Waals surface area contributed by atoms with Gasteiger partial charge in [0.25, 0.3) is 5.91 Å². The monoisotopic (exact) mass is 452 g/mol. The average molecular weight is 453 g/mol. The number of aliphatic hydroxyl groups excluding tert-OH is 1. The first-order valence-electron chi connectivity index (χ1n) is 11.3. The second kappa shape index (κ2) is 9.85. The van der Waals surface area contributed by atoms with E-state index in [1.165, 1.54) is 24.3 Å². The summed E-state index contributed by atoms with van der Waals surface area (Å²) in [5.74, 6) is -1.70. The van der Waals surface area contributed by atoms with Crippen molar-refractivity contribution in [2.75, 3.05) is 39.4 Å². The predicted octanol–water partition coefficient (Wildman–Crippen LogP) is 3.86. The Hall–Kier alpha value is -3.03. The molecule has 1 atom stereocenters. The van der Waals surface area contributed by atoms with Crippen molar-refractivity contribution in [3.8, 4) is 0 Å². The van der Waals surface area contributed by atoms with E-state index in [4.69, 9.17) is 4.74 Å². The lowest BCUT2D eigenvalue weighted by molar-refractivity contribution is -0.129. The number of halogens is 1. The Morgan fingerprint density at radius 2 is 1.70 bits per heavy atom. The van der Waals surface area contributed by atoms with Crippen LogP contribution in [-0.4, -0.2) is 66.0 Å². The van der Waals surface area contributed by atoms with Crippen molar-refractivity contribution in [1.82, 2.24) is 9.80 Å². The standard InChI is InChI=1S/C26H29FN2O4/c1-17(2)18-3-5-19(6-4-18)23-22(24(30)20-7-9-21(27)10-8-20)25(31)26(32)29(23)12-11-28-13-15-33-16-14-28/h3-10,17,23,31H,11-16H2,1-2H3. The Balaban J connectivity index is 1.68. The lowest BCUT2D eigenvalue weighted by atomic mass is 9.91. The van der Waals surface area contributed by atoms with Gasteiger partial charge in [0.2, 0.25) is 0 Å². The highest BCUT2D eigenvalue weighted by Crippen LogP contribution is 2.39. The maximum Gasteiger partial charge on any atom is 0.290 e. The van der Waals surface area contributed by atoms with Crippen LogP contribution in [0.2, 0.25) is 0 Å². The van der Waals surface area contributed by atoms with Gasteiger partial charge in [-0.2, -0.15) is 0 Å². The SMILES string of the molecule is CC(C)c1ccc(C2C(C(=O)c3ccc(F)cc3)=C(O)C(=O)N2CCN2CCOCC2)cc1. The molecule has 1 unspecified atom stereocenters. The number of rotatable bonds is 7. The predicted molar refractivity (Wildman–Crippen MR) is 123 cm³/mol. The Kier molecular flexibility index (Phi) is 6.91. The normalized spacial score (nSPS) is 19.6. The van der Waals surface area contributed by atoms with Gasteiger partial charge in [0, 0.05) is 31.7 Å². The number of carbonyl (C=O) groups excluding carboxylic acids is 2. The van der Waals surface area contributed by atoms with Gasteiger partial charge in [-0.3, -0.25) is 14.5 Å². The number of morpholine rings is 1. The quantitative estimate of drug-likeness (QED) is 0.646. The molecule has 2 aliphatic heterocycles. The van der Waals surface area contributed by atoms with Crippen LogP contribution in [0.4, 0.5) is 4.39 Å². The number of Topliss-reactive ketones (excluding diaryl/α,β-unsaturated/α-hetero) is 1. The summed E-state index contributed by atoms with van der Waals surface area (Å²) in [4.78, 5) is 30.2. The van der Waals surface area contributed by atoms with Gasteiger partial charge in [0.1, 0.15) is 5.82 Å². The van der Waals surface area contributed by atoms with Gasteiger partial charge >= 0.3 is 0 Å². The van der Waals surface area contributed by atoms with Crippen LogP contribution < -0.4 is 0 Å². The van der Waals surface area contributed by atoms with Crippen LogP contribution in [0.3, 0.4) is 0 Å². The molecule has 2 aliphatic rings. The minimum absolute atomic E-state index is 0.0332. The van der Waals surface area contributed by atoms with Crippen molar-refractivity contribution >= 4 is 11.7 Å². The van der Waals surface area contributed by atoms with Crippen LogP contribution in [0, 0.1) is 5.82 Å². The fourth-order valence-electron chi connectivity index (χ4n) is 4.36. The van der Waals surface area contributed by atoms with Crippen LogP contribution in [-0.2, 0) is 9.53 Å². The summed E-state index contributed by atoms with van der Waals surface area (Å²) in [5.41, 5.74) is 2.15. The number of benzene rings is 2. The Bertz CT molecular complexity index is 1040. The molecule has 0 radical (unpaired) electrons. The lowest BCUT2D eigenvalue weighted by Crippen LogP contribution is -2.43. The number of amides is 1. The maximum atomic E-state index is 13.4. The summed E-state index contributed by atoms with van der Waals surface area (Å²) in [7, 11) is 0. The summed E-state index contributed by atoms with van der Waals surface area (Å²) < 4.78 is 18.8. The number of hydrogen-bond acceptors (Lipinski definition) is 5. The van der Waals surface area contributed by atoms with Crippen molar-refractivity contribution in [3.05, 3.63) is 82.4 Å². The number of ether oxygens (including phenoxy) is 1. The van der Waals surface area contributed by atoms with Crippen molar-refractivity contribution in [1.29, 1.82) is 0 Å². The van der Waals surface area contributed by atoms with E-state index in [-0.39, 0.29) is 11.1 Å². The Labute approximate surface area is 193 Å². The molecule has 6 nitrogen and oxygen atoms in total. The van der Waals surface area contributed by atoms with Crippen LogP contribution in [0.15, 0.2) is 59.9 Å². The van der Waals surface area contributed by atoms with Gasteiger partial charge in [-0.05, 0) is 41.3 Å². The molecule has 0 bridgehead atoms. The average Bonchev–Trinajstić information content (AvgIpc) is 3.08. The number of hydrogen-bond donors (Lipinski definition) is 1. The molecule has 2 aromatic carbocycles. The minimum Gasteiger partial charge on any atom is -0.503 e. The van der Waals surface area contributed by atoms with Crippen LogP contribution in [0.1, 0.15) is 47.3 Å². The van der Waals surface area contributed by atoms with Gasteiger partial charge in [0.05, 0.1) is 24.8 Å². The van der Waals surface area contributed by atoms with Crippen LogP contribution in [0.25, 0.3) is 0 Å². The second-order valence-corrected chi connectivity index (χ2v) is 8.77. The molecule has 4 rings (SSSR count). The Morgan fingerprint density at radius 1 is 1.06 bits per heavy atom. The smallest absolute Gasteiger partial charge is 0.290 e. The number of nitrogens with zero attached hydrogens (tertiary/aromatic N) is 2. The molecule has 1 amide bonds. The van der Waals surface area contributed by atoms with Crippen molar-refractivity contribution in [2.24, 2.45) is 0 Å². The van der Waals surface area contributed by atoms with Crippen LogP contribution in [0.5, 0.6) is 0 Å². The third-order valence-corrected chi connectivity index (χ3v) is 6.33. The van der Waals surface area contributed by atoms with E-state index in [0.717, 1.165) is 24.2 Å². The molecule has 0 saturated carbocycles. The summed E-state index contributed by atoms with van der Waals surface area (Å²) in [6.07, 6.45) is 0. The van der Waals surface area contributed by atoms with Crippen LogP contribution >= 0.6 is 0 Å². The van der Waals surface area contributed by atoms with Gasteiger partial charge in [-0.15, -0.1) is 0 Å². The summed E-state index contributed by atoms with van der Waals surface area (Å²) in [5, 5.41) is 10.8. The third kappa shape index (κ3) is 4.84. The van der Waals surface area contributed by atoms with E-state index in [1.807, 2.05) is 24.3 Å². The first kappa shape index (κ1) is 23.1. The zero-order valence-corrected chi connectivity index (χ0v) is 19.0. The fraction of sp³-hybridized carbons (Fsp3) is 0.385. The van der Waals surface area contributed by atoms with Gasteiger partial charge in [-0.25, -0.2) is 4.39 Å². The van der Waals surface area contributed by atoms with E-state index in [0.29, 0.717) is 32.2 Å².